The van der Waals surface area contributed by atoms with Crippen molar-refractivity contribution in [3.63, 3.8) is 0 Å². The van der Waals surface area contributed by atoms with Crippen molar-refractivity contribution in [2.24, 2.45) is 0 Å². The number of aryl methyl sites for hydroxylation is 1. The van der Waals surface area contributed by atoms with E-state index in [1.165, 1.54) is 10.9 Å². The van der Waals surface area contributed by atoms with Crippen molar-refractivity contribution < 1.29 is 9.53 Å². The van der Waals surface area contributed by atoms with Crippen molar-refractivity contribution in [1.82, 2.24) is 19.8 Å². The first-order chi connectivity index (χ1) is 14.9. The van der Waals surface area contributed by atoms with Crippen LogP contribution >= 0.6 is 0 Å². The molecule has 1 heterocycles. The summed E-state index contributed by atoms with van der Waals surface area (Å²) in [5.41, 5.74) is 2.51. The fraction of sp³-hybridized carbons (Fsp3) is 0.375. The van der Waals surface area contributed by atoms with E-state index in [9.17, 15) is 9.59 Å². The van der Waals surface area contributed by atoms with Crippen molar-refractivity contribution in [3.05, 3.63) is 64.2 Å². The maximum Gasteiger partial charge on any atom is 0.265 e. The monoisotopic (exact) mass is 420 g/mol. The van der Waals surface area contributed by atoms with Crippen LogP contribution < -0.4 is 15.6 Å². The molecule has 7 heteroatoms. The molecule has 0 saturated heterocycles. The largest absolute Gasteiger partial charge is 0.494 e. The third kappa shape index (κ3) is 4.94. The quantitative estimate of drug-likeness (QED) is 0.567. The van der Waals surface area contributed by atoms with Crippen LogP contribution in [0.15, 0.2) is 47.5 Å². The number of ether oxygens (including phenoxy) is 1. The van der Waals surface area contributed by atoms with Crippen LogP contribution in [0.2, 0.25) is 0 Å². The standard InChI is InChI=1S/C24H28N4O3/c1-16-5-6-17(23(29)26-18-7-8-18)13-22(16)28-15-25-21-10-9-19(14-20(21)24(28)30)31-12-4-11-27(2)3/h5-6,9-10,13-15,18H,4,7-8,11-12H2,1-3H3,(H,26,29). The summed E-state index contributed by atoms with van der Waals surface area (Å²) < 4.78 is 7.33. The van der Waals surface area contributed by atoms with Gasteiger partial charge in [0.25, 0.3) is 11.5 Å². The summed E-state index contributed by atoms with van der Waals surface area (Å²) in [6.45, 7) is 3.43. The molecule has 1 aliphatic carbocycles. The third-order valence-electron chi connectivity index (χ3n) is 5.39. The number of fused-ring (bicyclic) bond motifs is 1. The van der Waals surface area contributed by atoms with E-state index in [0.717, 1.165) is 31.4 Å². The van der Waals surface area contributed by atoms with Crippen LogP contribution in [-0.2, 0) is 0 Å². The van der Waals surface area contributed by atoms with Gasteiger partial charge >= 0.3 is 0 Å². The molecule has 0 spiro atoms. The predicted molar refractivity (Wildman–Crippen MR) is 121 cm³/mol. The lowest BCUT2D eigenvalue weighted by Gasteiger charge is -2.13. The molecule has 1 aromatic heterocycles. The van der Waals surface area contributed by atoms with E-state index in [1.807, 2.05) is 33.2 Å². The van der Waals surface area contributed by atoms with Crippen molar-refractivity contribution >= 4 is 16.8 Å². The molecule has 0 atom stereocenters. The minimum atomic E-state index is -0.188. The Bertz CT molecular complexity index is 1170. The summed E-state index contributed by atoms with van der Waals surface area (Å²) in [5.74, 6) is 0.538. The highest BCUT2D eigenvalue weighted by molar-refractivity contribution is 5.95. The highest BCUT2D eigenvalue weighted by Crippen LogP contribution is 2.22. The molecule has 1 aliphatic rings. The average Bonchev–Trinajstić information content (AvgIpc) is 3.56. The molecule has 162 valence electrons. The number of carbonyl (C=O) groups is 1. The number of hydrogen-bond acceptors (Lipinski definition) is 5. The zero-order chi connectivity index (χ0) is 22.0. The van der Waals surface area contributed by atoms with Gasteiger partial charge in [-0.3, -0.25) is 14.2 Å². The Morgan fingerprint density at radius 3 is 2.77 bits per heavy atom. The number of amides is 1. The van der Waals surface area contributed by atoms with Crippen LogP contribution in [0.25, 0.3) is 16.6 Å². The van der Waals surface area contributed by atoms with E-state index in [4.69, 9.17) is 4.74 Å². The van der Waals surface area contributed by atoms with Gasteiger partial charge < -0.3 is 15.0 Å². The molecule has 31 heavy (non-hydrogen) atoms. The molecule has 4 rings (SSSR count). The number of hydrogen-bond donors (Lipinski definition) is 1. The van der Waals surface area contributed by atoms with Gasteiger partial charge in [0.2, 0.25) is 0 Å². The number of nitrogens with one attached hydrogen (secondary N) is 1. The summed E-state index contributed by atoms with van der Waals surface area (Å²) >= 11 is 0. The summed E-state index contributed by atoms with van der Waals surface area (Å²) in [4.78, 5) is 32.3. The van der Waals surface area contributed by atoms with Gasteiger partial charge in [-0.15, -0.1) is 0 Å². The normalized spacial score (nSPS) is 13.5. The lowest BCUT2D eigenvalue weighted by atomic mass is 10.1. The molecular formula is C24H28N4O3. The van der Waals surface area contributed by atoms with E-state index in [0.29, 0.717) is 34.5 Å². The summed E-state index contributed by atoms with van der Waals surface area (Å²) in [5, 5.41) is 3.48. The lowest BCUT2D eigenvalue weighted by molar-refractivity contribution is 0.0951. The van der Waals surface area contributed by atoms with Crippen molar-refractivity contribution in [2.75, 3.05) is 27.2 Å². The van der Waals surface area contributed by atoms with Crippen molar-refractivity contribution in [2.45, 2.75) is 32.2 Å². The maximum absolute atomic E-state index is 13.3. The highest BCUT2D eigenvalue weighted by Gasteiger charge is 2.24. The van der Waals surface area contributed by atoms with Gasteiger partial charge in [-0.2, -0.15) is 0 Å². The van der Waals surface area contributed by atoms with Gasteiger partial charge in [-0.25, -0.2) is 4.98 Å². The fourth-order valence-corrected chi connectivity index (χ4v) is 3.44. The number of nitrogens with zero attached hydrogens (tertiary/aromatic N) is 3. The second-order valence-electron chi connectivity index (χ2n) is 8.35. The van der Waals surface area contributed by atoms with Crippen LogP contribution in [0.1, 0.15) is 35.2 Å². The van der Waals surface area contributed by atoms with Gasteiger partial charge in [-0.05, 0) is 76.2 Å². The van der Waals surface area contributed by atoms with Gasteiger partial charge in [0.15, 0.2) is 0 Å². The SMILES string of the molecule is Cc1ccc(C(=O)NC2CC2)cc1-n1cnc2ccc(OCCCN(C)C)cc2c1=O. The van der Waals surface area contributed by atoms with Crippen LogP contribution in [0.5, 0.6) is 5.75 Å². The summed E-state index contributed by atoms with van der Waals surface area (Å²) in [7, 11) is 4.05. The highest BCUT2D eigenvalue weighted by atomic mass is 16.5. The van der Waals surface area contributed by atoms with Gasteiger partial charge in [0.1, 0.15) is 12.1 Å². The zero-order valence-corrected chi connectivity index (χ0v) is 18.2. The second-order valence-corrected chi connectivity index (χ2v) is 8.35. The zero-order valence-electron chi connectivity index (χ0n) is 18.2. The number of benzene rings is 2. The molecular weight excluding hydrogens is 392 g/mol. The van der Waals surface area contributed by atoms with Crippen molar-refractivity contribution in [3.8, 4) is 11.4 Å². The third-order valence-corrected chi connectivity index (χ3v) is 5.39. The van der Waals surface area contributed by atoms with E-state index in [-0.39, 0.29) is 17.5 Å². The van der Waals surface area contributed by atoms with Crippen LogP contribution in [0.4, 0.5) is 0 Å². The van der Waals surface area contributed by atoms with E-state index in [1.54, 1.807) is 24.3 Å². The van der Waals surface area contributed by atoms with Crippen LogP contribution in [0, 0.1) is 6.92 Å². The molecule has 3 aromatic rings. The molecule has 1 N–H and O–H groups in total. The molecule has 0 radical (unpaired) electrons. The molecule has 1 saturated carbocycles. The summed E-state index contributed by atoms with van der Waals surface area (Å²) in [6.07, 6.45) is 4.47. The Morgan fingerprint density at radius 1 is 1.23 bits per heavy atom. The van der Waals surface area contributed by atoms with Gasteiger partial charge in [0.05, 0.1) is 23.2 Å². The number of carbonyl (C=O) groups excluding carboxylic acids is 1. The minimum absolute atomic E-state index is 0.112. The topological polar surface area (TPSA) is 76.5 Å². The van der Waals surface area contributed by atoms with Crippen LogP contribution in [0.3, 0.4) is 0 Å². The molecule has 0 unspecified atom stereocenters. The predicted octanol–water partition coefficient (Wildman–Crippen LogP) is 2.92. The molecule has 0 bridgehead atoms. The van der Waals surface area contributed by atoms with Crippen molar-refractivity contribution in [1.29, 1.82) is 0 Å². The molecule has 0 aliphatic heterocycles. The van der Waals surface area contributed by atoms with Gasteiger partial charge in [0, 0.05) is 18.2 Å². The fourth-order valence-electron chi connectivity index (χ4n) is 3.44. The molecule has 7 nitrogen and oxygen atoms in total. The van der Waals surface area contributed by atoms with Crippen LogP contribution in [-0.4, -0.2) is 53.6 Å². The number of rotatable bonds is 8. The Hall–Kier alpha value is -3.19. The molecule has 2 aromatic carbocycles. The van der Waals surface area contributed by atoms with Gasteiger partial charge in [-0.1, -0.05) is 6.07 Å². The first-order valence-corrected chi connectivity index (χ1v) is 10.6. The molecule has 1 amide bonds. The Balaban J connectivity index is 1.64. The number of aromatic nitrogens is 2. The van der Waals surface area contributed by atoms with E-state index >= 15 is 0 Å². The first-order valence-electron chi connectivity index (χ1n) is 10.6. The first kappa shape index (κ1) is 21.1. The van der Waals surface area contributed by atoms with E-state index < -0.39 is 0 Å². The maximum atomic E-state index is 13.3. The Kier molecular flexibility index (Phi) is 6.04. The average molecular weight is 421 g/mol. The second kappa shape index (κ2) is 8.89. The van der Waals surface area contributed by atoms with E-state index in [2.05, 4.69) is 15.2 Å². The summed E-state index contributed by atoms with van der Waals surface area (Å²) in [6, 6.07) is 11.1. The Labute approximate surface area is 181 Å². The Morgan fingerprint density at radius 2 is 2.03 bits per heavy atom. The lowest BCUT2D eigenvalue weighted by Crippen LogP contribution is -2.26. The minimum Gasteiger partial charge on any atom is -0.494 e. The molecule has 1 fully saturated rings. The smallest absolute Gasteiger partial charge is 0.265 e.